The van der Waals surface area contributed by atoms with Crippen molar-refractivity contribution in [2.75, 3.05) is 13.1 Å². The number of hydrogen-bond acceptors (Lipinski definition) is 4. The van der Waals surface area contributed by atoms with E-state index >= 15 is 0 Å². The fourth-order valence-corrected chi connectivity index (χ4v) is 4.55. The van der Waals surface area contributed by atoms with Crippen LogP contribution in [0.3, 0.4) is 0 Å². The van der Waals surface area contributed by atoms with E-state index in [4.69, 9.17) is 5.73 Å². The van der Waals surface area contributed by atoms with Crippen LogP contribution in [0.25, 0.3) is 5.69 Å². The molecule has 1 unspecified atom stereocenters. The summed E-state index contributed by atoms with van der Waals surface area (Å²) in [5.74, 6) is -0.454. The van der Waals surface area contributed by atoms with Crippen LogP contribution in [0.15, 0.2) is 47.3 Å². The van der Waals surface area contributed by atoms with Gasteiger partial charge in [-0.2, -0.15) is 16.4 Å². The van der Waals surface area contributed by atoms with E-state index in [1.165, 1.54) is 11.3 Å². The minimum Gasteiger partial charge on any atom is -0.365 e. The number of nitrogens with two attached hydrogens (primary N) is 1. The summed E-state index contributed by atoms with van der Waals surface area (Å²) >= 11 is 1.54. The summed E-state index contributed by atoms with van der Waals surface area (Å²) in [6, 6.07) is 9.63. The Hall–Kier alpha value is -2.93. The number of aromatic nitrogens is 2. The molecule has 1 aromatic carbocycles. The number of amides is 2. The highest BCUT2D eigenvalue weighted by atomic mass is 32.1. The topological polar surface area (TPSA) is 81.2 Å². The normalized spacial score (nSPS) is 16.9. The van der Waals surface area contributed by atoms with E-state index in [2.05, 4.69) is 5.10 Å². The summed E-state index contributed by atoms with van der Waals surface area (Å²) in [5, 5.41) is 8.57. The lowest BCUT2D eigenvalue weighted by molar-refractivity contribution is 0.0705. The van der Waals surface area contributed by atoms with Gasteiger partial charge in [-0.1, -0.05) is 18.2 Å². The van der Waals surface area contributed by atoms with Crippen molar-refractivity contribution < 1.29 is 9.59 Å². The minimum atomic E-state index is -0.491. The molecule has 2 N–H and O–H groups in total. The number of aryl methyl sites for hydroxylation is 1. The Balaban J connectivity index is 1.63. The molecule has 4 rings (SSSR count). The summed E-state index contributed by atoms with van der Waals surface area (Å²) in [6.45, 7) is 3.22. The maximum atomic E-state index is 12.9. The third kappa shape index (κ3) is 3.45. The predicted molar refractivity (Wildman–Crippen MR) is 109 cm³/mol. The number of carbonyl (C=O) groups excluding carboxylic acids is 2. The number of likely N-dealkylation sites (tertiary alicyclic amines) is 1. The van der Waals surface area contributed by atoms with Crippen molar-refractivity contribution in [3.8, 4) is 5.69 Å². The zero-order chi connectivity index (χ0) is 19.7. The lowest BCUT2D eigenvalue weighted by Gasteiger charge is -2.32. The molecular weight excluding hydrogens is 372 g/mol. The molecule has 28 heavy (non-hydrogen) atoms. The first kappa shape index (κ1) is 18.4. The zero-order valence-corrected chi connectivity index (χ0v) is 16.5. The Labute approximate surface area is 167 Å². The highest BCUT2D eigenvalue weighted by Crippen LogP contribution is 2.30. The predicted octanol–water partition coefficient (Wildman–Crippen LogP) is 3.36. The van der Waals surface area contributed by atoms with Crippen LogP contribution in [0.2, 0.25) is 0 Å². The molecule has 0 saturated carbocycles. The van der Waals surface area contributed by atoms with Crippen molar-refractivity contribution in [2.24, 2.45) is 5.73 Å². The second-order valence-corrected chi connectivity index (χ2v) is 7.87. The molecule has 1 aliphatic heterocycles. The SMILES string of the molecule is Cc1cscc1C(=O)N1CCCC(c2nn(-c3ccccc3)cc2C(N)=O)C1. The average molecular weight is 395 g/mol. The Bertz CT molecular complexity index is 1010. The molecule has 1 aliphatic rings. The number of benzene rings is 1. The van der Waals surface area contributed by atoms with Crippen molar-refractivity contribution in [2.45, 2.75) is 25.7 Å². The van der Waals surface area contributed by atoms with Crippen molar-refractivity contribution in [3.05, 3.63) is 69.7 Å². The summed E-state index contributed by atoms with van der Waals surface area (Å²) < 4.78 is 1.69. The molecule has 1 fully saturated rings. The third-order valence-corrected chi connectivity index (χ3v) is 6.07. The number of thiophene rings is 1. The van der Waals surface area contributed by atoms with E-state index < -0.39 is 5.91 Å². The number of nitrogens with zero attached hydrogens (tertiary/aromatic N) is 3. The van der Waals surface area contributed by atoms with Crippen LogP contribution in [0.5, 0.6) is 0 Å². The van der Waals surface area contributed by atoms with Crippen LogP contribution in [-0.2, 0) is 0 Å². The molecular formula is C21H22N4O2S. The van der Waals surface area contributed by atoms with Crippen LogP contribution in [0.4, 0.5) is 0 Å². The molecule has 1 saturated heterocycles. The lowest BCUT2D eigenvalue weighted by Crippen LogP contribution is -2.39. The van der Waals surface area contributed by atoms with Gasteiger partial charge >= 0.3 is 0 Å². The number of piperidine rings is 1. The molecule has 2 amide bonds. The van der Waals surface area contributed by atoms with E-state index in [9.17, 15) is 9.59 Å². The van der Waals surface area contributed by atoms with Gasteiger partial charge < -0.3 is 10.6 Å². The van der Waals surface area contributed by atoms with Gasteiger partial charge in [0.15, 0.2) is 0 Å². The van der Waals surface area contributed by atoms with Crippen molar-refractivity contribution >= 4 is 23.2 Å². The Kier molecular flexibility index (Phi) is 5.00. The van der Waals surface area contributed by atoms with Crippen molar-refractivity contribution in [1.82, 2.24) is 14.7 Å². The van der Waals surface area contributed by atoms with Gasteiger partial charge in [0.05, 0.1) is 22.5 Å². The second kappa shape index (κ2) is 7.59. The van der Waals surface area contributed by atoms with Crippen LogP contribution in [0.1, 0.15) is 50.7 Å². The molecule has 6 nitrogen and oxygen atoms in total. The number of para-hydroxylation sites is 1. The molecule has 0 aliphatic carbocycles. The molecule has 0 radical (unpaired) electrons. The number of carbonyl (C=O) groups is 2. The Morgan fingerprint density at radius 2 is 1.96 bits per heavy atom. The molecule has 3 aromatic rings. The highest BCUT2D eigenvalue weighted by molar-refractivity contribution is 7.08. The second-order valence-electron chi connectivity index (χ2n) is 7.13. The van der Waals surface area contributed by atoms with Gasteiger partial charge in [0.1, 0.15) is 0 Å². The first-order chi connectivity index (χ1) is 13.5. The van der Waals surface area contributed by atoms with Crippen LogP contribution >= 0.6 is 11.3 Å². The lowest BCUT2D eigenvalue weighted by atomic mass is 9.92. The van der Waals surface area contributed by atoms with E-state index in [-0.39, 0.29) is 11.8 Å². The van der Waals surface area contributed by atoms with Gasteiger partial charge in [-0.05, 0) is 42.8 Å². The van der Waals surface area contributed by atoms with Gasteiger partial charge in [-0.15, -0.1) is 0 Å². The fraction of sp³-hybridized carbons (Fsp3) is 0.286. The Morgan fingerprint density at radius 1 is 1.18 bits per heavy atom. The summed E-state index contributed by atoms with van der Waals surface area (Å²) in [7, 11) is 0. The van der Waals surface area contributed by atoms with Gasteiger partial charge in [0, 0.05) is 30.6 Å². The van der Waals surface area contributed by atoms with E-state index in [1.54, 1.807) is 10.9 Å². The Morgan fingerprint density at radius 3 is 2.64 bits per heavy atom. The molecule has 3 heterocycles. The largest absolute Gasteiger partial charge is 0.365 e. The zero-order valence-electron chi connectivity index (χ0n) is 15.7. The van der Waals surface area contributed by atoms with Crippen molar-refractivity contribution in [3.63, 3.8) is 0 Å². The van der Waals surface area contributed by atoms with Crippen LogP contribution in [0, 0.1) is 6.92 Å². The summed E-state index contributed by atoms with van der Waals surface area (Å²) in [5.41, 5.74) is 9.37. The maximum Gasteiger partial charge on any atom is 0.254 e. The van der Waals surface area contributed by atoms with E-state index in [0.717, 1.165) is 36.2 Å². The maximum absolute atomic E-state index is 12.9. The molecule has 2 aromatic heterocycles. The third-order valence-electron chi connectivity index (χ3n) is 5.21. The molecule has 7 heteroatoms. The standard InChI is InChI=1S/C21H22N4O2S/c1-14-12-28-13-18(14)21(27)24-9-5-6-15(10-24)19-17(20(22)26)11-25(23-19)16-7-3-2-4-8-16/h2-4,7-8,11-13,15H,5-6,9-10H2,1H3,(H2,22,26). The van der Waals surface area contributed by atoms with Crippen LogP contribution in [-0.4, -0.2) is 39.6 Å². The fourth-order valence-electron chi connectivity index (χ4n) is 3.73. The van der Waals surface area contributed by atoms with Gasteiger partial charge in [-0.3, -0.25) is 9.59 Å². The summed E-state index contributed by atoms with van der Waals surface area (Å²) in [4.78, 5) is 26.8. The van der Waals surface area contributed by atoms with Gasteiger partial charge in [0.2, 0.25) is 0 Å². The molecule has 1 atom stereocenters. The van der Waals surface area contributed by atoms with E-state index in [0.29, 0.717) is 17.8 Å². The molecule has 0 spiro atoms. The number of hydrogen-bond donors (Lipinski definition) is 1. The minimum absolute atomic E-state index is 0.0101. The number of primary amides is 1. The van der Waals surface area contributed by atoms with Crippen LogP contribution < -0.4 is 5.73 Å². The highest BCUT2D eigenvalue weighted by Gasteiger charge is 2.30. The van der Waals surface area contributed by atoms with Crippen molar-refractivity contribution in [1.29, 1.82) is 0 Å². The summed E-state index contributed by atoms with van der Waals surface area (Å²) in [6.07, 6.45) is 3.44. The molecule has 0 bridgehead atoms. The van der Waals surface area contributed by atoms with E-state index in [1.807, 2.05) is 52.9 Å². The first-order valence-corrected chi connectivity index (χ1v) is 10.3. The van der Waals surface area contributed by atoms with Gasteiger partial charge in [0.25, 0.3) is 11.8 Å². The first-order valence-electron chi connectivity index (χ1n) is 9.31. The number of rotatable bonds is 4. The monoisotopic (exact) mass is 394 g/mol. The smallest absolute Gasteiger partial charge is 0.254 e. The quantitative estimate of drug-likeness (QED) is 0.737. The average Bonchev–Trinajstić information content (AvgIpc) is 3.35. The van der Waals surface area contributed by atoms with Gasteiger partial charge in [-0.25, -0.2) is 4.68 Å². The molecule has 144 valence electrons.